The molecule has 1 fully saturated rings. The summed E-state index contributed by atoms with van der Waals surface area (Å²) >= 11 is 0. The van der Waals surface area contributed by atoms with E-state index in [9.17, 15) is 24.6 Å². The van der Waals surface area contributed by atoms with Crippen molar-refractivity contribution in [1.29, 1.82) is 0 Å². The van der Waals surface area contributed by atoms with E-state index >= 15 is 0 Å². The van der Waals surface area contributed by atoms with Crippen LogP contribution in [0, 0.1) is 0 Å². The Morgan fingerprint density at radius 2 is 0.931 bits per heavy atom. The number of hydrogen-bond acceptors (Lipinski definition) is 14. The average Bonchev–Trinajstić information content (AvgIpc) is 0.786. The number of aliphatic hydroxyl groups excluding tert-OH is 2. The van der Waals surface area contributed by atoms with Gasteiger partial charge in [-0.2, -0.15) is 5.09 Å². The highest BCUT2D eigenvalue weighted by Crippen LogP contribution is 2.53. The van der Waals surface area contributed by atoms with Gasteiger partial charge in [0.05, 0.1) is 19.8 Å². The first-order valence-electron chi connectivity index (χ1n) is 32.8. The molecule has 1 aliphatic heterocycles. The fourth-order valence-corrected chi connectivity index (χ4v) is 15.3. The van der Waals surface area contributed by atoms with Gasteiger partial charge in [0.2, 0.25) is 0 Å². The van der Waals surface area contributed by atoms with E-state index in [0.717, 1.165) is 60.0 Å². The second-order valence-corrected chi connectivity index (χ2v) is 26.4. The molecule has 0 unspecified atom stereocenters. The smallest absolute Gasteiger partial charge is 0.303 e. The summed E-state index contributed by atoms with van der Waals surface area (Å²) in [6.07, 6.45) is 19.0. The lowest BCUT2D eigenvalue weighted by Crippen LogP contribution is -3.00. The van der Waals surface area contributed by atoms with Crippen molar-refractivity contribution >= 4 is 41.2 Å². The fourth-order valence-electron chi connectivity index (χ4n) is 11.4. The van der Waals surface area contributed by atoms with Gasteiger partial charge in [-0.15, -0.1) is 0 Å². The van der Waals surface area contributed by atoms with Crippen LogP contribution < -0.4 is 45.0 Å². The van der Waals surface area contributed by atoms with Gasteiger partial charge >= 0.3 is 17.9 Å². The van der Waals surface area contributed by atoms with Gasteiger partial charge in [-0.25, -0.2) is 0 Å². The first-order chi connectivity index (χ1) is 42.0. The molecule has 0 aromatic heterocycles. The maximum atomic E-state index is 13.4. The molecule has 486 valence electrons. The van der Waals surface area contributed by atoms with Gasteiger partial charge in [-0.1, -0.05) is 240 Å². The summed E-state index contributed by atoms with van der Waals surface area (Å²) < 4.78 is 50.8. The van der Waals surface area contributed by atoms with E-state index < -0.39 is 93.6 Å². The molecule has 9 atom stereocenters. The molecule has 87 heavy (non-hydrogen) atoms. The molecular weight excluding hydrogens is 1230 g/mol. The van der Waals surface area contributed by atoms with E-state index in [-0.39, 0.29) is 37.2 Å². The van der Waals surface area contributed by atoms with Crippen molar-refractivity contribution in [3.8, 4) is 0 Å². The van der Waals surface area contributed by atoms with Crippen LogP contribution in [0.25, 0.3) is 0 Å². The van der Waals surface area contributed by atoms with Gasteiger partial charge in [0.25, 0.3) is 0 Å². The normalized spacial score (nSPS) is 18.2. The molecule has 5 rings (SSSR count). The summed E-state index contributed by atoms with van der Waals surface area (Å²) in [5.74, 6) is -1.98. The highest BCUT2D eigenvalue weighted by atomic mass is 127. The second-order valence-electron chi connectivity index (χ2n) is 23.2. The number of esters is 3. The molecule has 4 aromatic rings. The maximum Gasteiger partial charge on any atom is 0.303 e. The van der Waals surface area contributed by atoms with Crippen molar-refractivity contribution in [3.05, 3.63) is 127 Å². The Bertz CT molecular complexity index is 2280. The SMILES string of the molecule is CCCCCCCCCCCCCCOC[C@@H](OCCCCCCCCCCCCCC)[C@@H](O)[C@H](OCc1ccccc1)[C@@H](O)CO[C@@H]1O[C@H](COC(C)=O)[C@@H](OC(C)=O)[C@H](OC(C)=O)[C@H]1N[P+](c1ccccc1)(c1ccccc1)c1ccccc1.[I-]. The van der Waals surface area contributed by atoms with Gasteiger partial charge in [0, 0.05) is 34.0 Å². The van der Waals surface area contributed by atoms with Gasteiger partial charge < -0.3 is 72.1 Å². The molecule has 4 aromatic carbocycles. The van der Waals surface area contributed by atoms with Crippen LogP contribution in [-0.2, 0) is 58.9 Å². The minimum absolute atomic E-state index is 0. The molecule has 1 heterocycles. The Labute approximate surface area is 540 Å². The van der Waals surface area contributed by atoms with Gasteiger partial charge in [0.15, 0.2) is 25.9 Å². The van der Waals surface area contributed by atoms with Crippen LogP contribution >= 0.6 is 7.41 Å². The van der Waals surface area contributed by atoms with E-state index in [0.29, 0.717) is 13.2 Å². The molecular formula is C71H107INO13P. The highest BCUT2D eigenvalue weighted by molar-refractivity contribution is 7.94. The number of hydrogen-bond donors (Lipinski definition) is 3. The first-order valence-corrected chi connectivity index (χ1v) is 34.6. The predicted octanol–water partition coefficient (Wildman–Crippen LogP) is 10.1. The Balaban J connectivity index is 0.0000162. The molecule has 0 aliphatic carbocycles. The van der Waals surface area contributed by atoms with Crippen LogP contribution in [0.1, 0.15) is 194 Å². The molecule has 1 saturated heterocycles. The van der Waals surface area contributed by atoms with Crippen LogP contribution in [-0.4, -0.2) is 116 Å². The van der Waals surface area contributed by atoms with Crippen LogP contribution in [0.4, 0.5) is 0 Å². The molecule has 0 radical (unpaired) electrons. The molecule has 0 amide bonds. The van der Waals surface area contributed by atoms with Gasteiger partial charge in [-0.3, -0.25) is 14.4 Å². The standard InChI is InChI=1S/C71H107NO13P.HI/c1-6-8-10-12-14-16-18-20-22-24-26-40-50-78-54-64(79-51-41-27-25-23-21-19-17-15-13-11-9-7-2)67(77)68(81-52-59-42-32-28-33-43-59)63(76)53-82-71-66(70(84-58(5)75)69(83-57(4)74)65(85-71)55-80-56(3)73)72-86(60-44-34-29-35-45-60,61-46-36-30-37-47-61)62-48-38-31-39-49-62;/h28-39,42-49,63-72,76-77H,6-27,40-41,50-55H2,1-5H3;1H/q+1;/p-1/t63-,64+,65+,66+,67+,68+,69+,70+,71+;/m0./s1. The lowest BCUT2D eigenvalue weighted by Gasteiger charge is -2.46. The minimum atomic E-state index is -3.04. The number of unbranched alkanes of at least 4 members (excludes halogenated alkanes) is 22. The van der Waals surface area contributed by atoms with Crippen LogP contribution in [0.5, 0.6) is 0 Å². The Morgan fingerprint density at radius 1 is 0.517 bits per heavy atom. The molecule has 16 heteroatoms. The summed E-state index contributed by atoms with van der Waals surface area (Å²) in [4.78, 5) is 38.9. The third-order valence-corrected chi connectivity index (χ3v) is 19.9. The topological polar surface area (TPSA) is 178 Å². The van der Waals surface area contributed by atoms with Crippen LogP contribution in [0.15, 0.2) is 121 Å². The molecule has 0 saturated carbocycles. The van der Waals surface area contributed by atoms with Crippen molar-refractivity contribution in [2.45, 2.75) is 250 Å². The van der Waals surface area contributed by atoms with Crippen LogP contribution in [0.2, 0.25) is 0 Å². The summed E-state index contributed by atoms with van der Waals surface area (Å²) in [7, 11) is -3.04. The van der Waals surface area contributed by atoms with Crippen molar-refractivity contribution in [2.75, 3.05) is 33.0 Å². The summed E-state index contributed by atoms with van der Waals surface area (Å²) in [6, 6.07) is 38.2. The van der Waals surface area contributed by atoms with E-state index in [1.165, 1.54) is 136 Å². The molecule has 0 bridgehead atoms. The molecule has 1 aliphatic rings. The summed E-state index contributed by atoms with van der Waals surface area (Å²) in [6.45, 7) is 8.43. The molecule has 0 spiro atoms. The highest BCUT2D eigenvalue weighted by Gasteiger charge is 2.58. The Morgan fingerprint density at radius 3 is 1.37 bits per heavy atom. The van der Waals surface area contributed by atoms with E-state index in [1.807, 2.05) is 121 Å². The Kier molecular flexibility index (Phi) is 39.4. The van der Waals surface area contributed by atoms with E-state index in [1.54, 1.807) is 0 Å². The number of rotatable bonds is 47. The van der Waals surface area contributed by atoms with Crippen molar-refractivity contribution in [2.24, 2.45) is 0 Å². The molecule has 14 nitrogen and oxygen atoms in total. The number of ether oxygens (including phenoxy) is 8. The van der Waals surface area contributed by atoms with Gasteiger partial charge in [-0.05, 0) is 54.8 Å². The minimum Gasteiger partial charge on any atom is -1.00 e. The lowest BCUT2D eigenvalue weighted by molar-refractivity contribution is -0.283. The summed E-state index contributed by atoms with van der Waals surface area (Å²) in [5, 5.41) is 31.9. The van der Waals surface area contributed by atoms with E-state index in [4.69, 9.17) is 37.9 Å². The zero-order valence-electron chi connectivity index (χ0n) is 53.2. The van der Waals surface area contributed by atoms with E-state index in [2.05, 4.69) is 18.9 Å². The van der Waals surface area contributed by atoms with Crippen molar-refractivity contribution in [1.82, 2.24) is 5.09 Å². The third kappa shape index (κ3) is 28.0. The number of aliphatic hydroxyl groups is 2. The maximum absolute atomic E-state index is 13.4. The number of halogens is 1. The lowest BCUT2D eigenvalue weighted by atomic mass is 9.96. The second kappa shape index (κ2) is 45.4. The fraction of sp³-hybridized carbons (Fsp3) is 0.620. The number of benzene rings is 4. The van der Waals surface area contributed by atoms with Crippen molar-refractivity contribution < 1.29 is 86.5 Å². The largest absolute Gasteiger partial charge is 1.00 e. The number of carbonyl (C=O) groups is 3. The molecule has 3 N–H and O–H groups in total. The summed E-state index contributed by atoms with van der Waals surface area (Å²) in [5.41, 5.74) is 0.826. The van der Waals surface area contributed by atoms with Crippen molar-refractivity contribution in [3.63, 3.8) is 0 Å². The quantitative estimate of drug-likeness (QED) is 0.0125. The first kappa shape index (κ1) is 75.6. The zero-order chi connectivity index (χ0) is 61.5. The van der Waals surface area contributed by atoms with Crippen LogP contribution in [0.3, 0.4) is 0 Å². The third-order valence-electron chi connectivity index (χ3n) is 16.0. The monoisotopic (exact) mass is 1340 g/mol. The van der Waals surface area contributed by atoms with Gasteiger partial charge in [0.1, 0.15) is 59.1 Å². The average molecular weight is 1340 g/mol. The number of carbonyl (C=O) groups excluding carboxylic acids is 3. The Hall–Kier alpha value is -3.87. The zero-order valence-corrected chi connectivity index (χ0v) is 56.2. The number of nitrogens with one attached hydrogen (secondary N) is 1. The predicted molar refractivity (Wildman–Crippen MR) is 344 cm³/mol.